The Morgan fingerprint density at radius 2 is 1.88 bits per heavy atom. The summed E-state index contributed by atoms with van der Waals surface area (Å²) < 4.78 is 54.0. The van der Waals surface area contributed by atoms with Crippen molar-refractivity contribution in [2.45, 2.75) is 19.7 Å². The molecule has 0 bridgehead atoms. The summed E-state index contributed by atoms with van der Waals surface area (Å²) in [6, 6.07) is 8.36. The van der Waals surface area contributed by atoms with Gasteiger partial charge in [0.15, 0.2) is 0 Å². The molecule has 0 aliphatic carbocycles. The van der Waals surface area contributed by atoms with Gasteiger partial charge >= 0.3 is 11.9 Å². The van der Waals surface area contributed by atoms with E-state index >= 15 is 0 Å². The van der Waals surface area contributed by atoms with Crippen LogP contribution in [0.5, 0.6) is 11.5 Å². The average Bonchev–Trinajstić information content (AvgIpc) is 3.09. The van der Waals surface area contributed by atoms with Gasteiger partial charge in [0.1, 0.15) is 25.2 Å². The van der Waals surface area contributed by atoms with E-state index in [0.29, 0.717) is 11.3 Å². The molecule has 0 saturated heterocycles. The van der Waals surface area contributed by atoms with Crippen molar-refractivity contribution < 1.29 is 27.5 Å². The number of ether oxygens (including phenoxy) is 2. The second kappa shape index (κ2) is 9.12. The van der Waals surface area contributed by atoms with Gasteiger partial charge < -0.3 is 14.3 Å². The summed E-state index contributed by atoms with van der Waals surface area (Å²) in [5.74, 6) is -0.0804. The molecule has 1 aromatic heterocycles. The summed E-state index contributed by atoms with van der Waals surface area (Å²) in [6.07, 6.45) is -4.68. The van der Waals surface area contributed by atoms with E-state index < -0.39 is 23.2 Å². The Kier molecular flexibility index (Phi) is 6.51. The summed E-state index contributed by atoms with van der Waals surface area (Å²) in [6.45, 7) is 1.20. The summed E-state index contributed by atoms with van der Waals surface area (Å²) in [5, 5.41) is 11.1. The minimum atomic E-state index is -4.68. The maximum atomic E-state index is 13.7. The first-order valence-corrected chi connectivity index (χ1v) is 9.24. The van der Waals surface area contributed by atoms with Crippen molar-refractivity contribution in [1.82, 2.24) is 19.8 Å². The molecule has 0 fully saturated rings. The van der Waals surface area contributed by atoms with Crippen molar-refractivity contribution >= 4 is 5.71 Å². The van der Waals surface area contributed by atoms with Gasteiger partial charge in [0.05, 0.1) is 29.6 Å². The molecule has 0 atom stereocenters. The number of tetrazole rings is 1. The lowest BCUT2D eigenvalue weighted by molar-refractivity contribution is -0.139. The van der Waals surface area contributed by atoms with Gasteiger partial charge in [0.2, 0.25) is 0 Å². The van der Waals surface area contributed by atoms with Crippen molar-refractivity contribution in [3.8, 4) is 17.2 Å². The summed E-state index contributed by atoms with van der Waals surface area (Å²) in [5.41, 5.74) is -0.404. The second-order valence-electron chi connectivity index (χ2n) is 6.61. The number of aryl methyl sites for hydroxylation is 1. The minimum Gasteiger partial charge on any atom is -0.496 e. The smallest absolute Gasteiger partial charge is 0.419 e. The predicted octanol–water partition coefficient (Wildman–Crippen LogP) is 2.94. The number of nitrogens with zero attached hydrogens (tertiary/aromatic N) is 5. The number of alkyl halides is 3. The molecular weight excluding hydrogens is 431 g/mol. The van der Waals surface area contributed by atoms with Crippen molar-refractivity contribution in [3.05, 3.63) is 63.6 Å². The van der Waals surface area contributed by atoms with E-state index in [1.54, 1.807) is 18.2 Å². The van der Waals surface area contributed by atoms with E-state index in [-0.39, 0.29) is 23.6 Å². The van der Waals surface area contributed by atoms with Crippen LogP contribution in [0.1, 0.15) is 23.6 Å². The molecule has 0 N–H and O–H groups in total. The second-order valence-corrected chi connectivity index (χ2v) is 6.61. The van der Waals surface area contributed by atoms with Crippen LogP contribution in [0.2, 0.25) is 0 Å². The lowest BCUT2D eigenvalue weighted by atomic mass is 10.1. The first kappa shape index (κ1) is 22.8. The Labute approximate surface area is 180 Å². The lowest BCUT2D eigenvalue weighted by Crippen LogP contribution is -2.23. The summed E-state index contributed by atoms with van der Waals surface area (Å²) >= 11 is 0. The Morgan fingerprint density at radius 3 is 2.47 bits per heavy atom. The molecule has 0 aliphatic rings. The number of rotatable bonds is 7. The van der Waals surface area contributed by atoms with E-state index in [1.807, 2.05) is 0 Å². The zero-order valence-corrected chi connectivity index (χ0v) is 17.7. The zero-order valence-electron chi connectivity index (χ0n) is 17.7. The van der Waals surface area contributed by atoms with Crippen molar-refractivity contribution in [2.75, 3.05) is 14.2 Å². The molecule has 0 amide bonds. The third kappa shape index (κ3) is 4.58. The molecule has 2 aromatic carbocycles. The topological polar surface area (TPSA) is 92.8 Å². The standard InChI is InChI=1S/C20H20F3N5O4/c1-12(24-31-4)13-8-9-18(15(10-13)20(21,22)23)32-11-14-16(6-5-7-17(14)30-3)28-19(29)27(2)25-26-28/h5-10H,11H2,1-4H3. The van der Waals surface area contributed by atoms with Crippen molar-refractivity contribution in [1.29, 1.82) is 0 Å². The number of halogens is 3. The SMILES string of the molecule is CON=C(C)c1ccc(OCc2c(OC)cccc2-n2nnn(C)c2=O)c(C(F)(F)F)c1. The minimum absolute atomic E-state index is 0.232. The highest BCUT2D eigenvalue weighted by molar-refractivity contribution is 5.98. The zero-order chi connectivity index (χ0) is 23.5. The van der Waals surface area contributed by atoms with E-state index in [2.05, 4.69) is 20.4 Å². The molecule has 0 radical (unpaired) electrons. The molecule has 1 heterocycles. The molecule has 3 rings (SSSR count). The molecule has 3 aromatic rings. The molecule has 0 unspecified atom stereocenters. The number of aromatic nitrogens is 4. The summed E-state index contributed by atoms with van der Waals surface area (Å²) in [4.78, 5) is 16.9. The predicted molar refractivity (Wildman–Crippen MR) is 108 cm³/mol. The highest BCUT2D eigenvalue weighted by atomic mass is 19.4. The Balaban J connectivity index is 2.02. The number of hydrogen-bond donors (Lipinski definition) is 0. The fourth-order valence-electron chi connectivity index (χ4n) is 3.00. The summed E-state index contributed by atoms with van der Waals surface area (Å²) in [7, 11) is 4.13. The lowest BCUT2D eigenvalue weighted by Gasteiger charge is -2.17. The van der Waals surface area contributed by atoms with E-state index in [0.717, 1.165) is 15.4 Å². The van der Waals surface area contributed by atoms with Crippen LogP contribution in [0, 0.1) is 0 Å². The van der Waals surface area contributed by atoms with Gasteiger partial charge in [-0.1, -0.05) is 11.2 Å². The Morgan fingerprint density at radius 1 is 1.12 bits per heavy atom. The molecule has 0 saturated carbocycles. The molecule has 0 spiro atoms. The van der Waals surface area contributed by atoms with E-state index in [4.69, 9.17) is 9.47 Å². The van der Waals surface area contributed by atoms with Crippen molar-refractivity contribution in [3.63, 3.8) is 0 Å². The molecule has 32 heavy (non-hydrogen) atoms. The van der Waals surface area contributed by atoms with Gasteiger partial charge in [-0.15, -0.1) is 0 Å². The molecular formula is C20H20F3N5O4. The molecule has 12 heteroatoms. The number of benzene rings is 2. The first-order valence-electron chi connectivity index (χ1n) is 9.24. The Bertz CT molecular complexity index is 1200. The van der Waals surface area contributed by atoms with Crippen LogP contribution in [-0.2, 0) is 24.7 Å². The molecule has 9 nitrogen and oxygen atoms in total. The van der Waals surface area contributed by atoms with Gasteiger partial charge in [-0.2, -0.15) is 22.5 Å². The van der Waals surface area contributed by atoms with Crippen LogP contribution < -0.4 is 15.2 Å². The largest absolute Gasteiger partial charge is 0.496 e. The third-order valence-corrected chi connectivity index (χ3v) is 4.58. The van der Waals surface area contributed by atoms with Crippen LogP contribution in [0.4, 0.5) is 13.2 Å². The maximum Gasteiger partial charge on any atom is 0.419 e. The van der Waals surface area contributed by atoms with E-state index in [1.165, 1.54) is 40.3 Å². The Hall–Kier alpha value is -3.83. The van der Waals surface area contributed by atoms with Gasteiger partial charge in [-0.05, 0) is 53.2 Å². The molecule has 170 valence electrons. The number of hydrogen-bond acceptors (Lipinski definition) is 7. The molecule has 0 aliphatic heterocycles. The fourth-order valence-corrected chi connectivity index (χ4v) is 3.00. The third-order valence-electron chi connectivity index (χ3n) is 4.58. The van der Waals surface area contributed by atoms with Crippen LogP contribution in [0.3, 0.4) is 0 Å². The van der Waals surface area contributed by atoms with Gasteiger partial charge in [0, 0.05) is 7.05 Å². The maximum absolute atomic E-state index is 13.7. The number of methoxy groups -OCH3 is 1. The van der Waals surface area contributed by atoms with Crippen molar-refractivity contribution in [2.24, 2.45) is 12.2 Å². The first-order chi connectivity index (χ1) is 15.2. The van der Waals surface area contributed by atoms with Crippen LogP contribution in [0.25, 0.3) is 5.69 Å². The fraction of sp³-hybridized carbons (Fsp3) is 0.300. The van der Waals surface area contributed by atoms with Crippen LogP contribution in [-0.4, -0.2) is 39.7 Å². The van der Waals surface area contributed by atoms with Gasteiger partial charge in [-0.25, -0.2) is 4.79 Å². The highest BCUT2D eigenvalue weighted by Gasteiger charge is 2.35. The monoisotopic (exact) mass is 451 g/mol. The van der Waals surface area contributed by atoms with E-state index in [9.17, 15) is 18.0 Å². The van der Waals surface area contributed by atoms with Crippen LogP contribution in [0.15, 0.2) is 46.3 Å². The van der Waals surface area contributed by atoms with Gasteiger partial charge in [0.25, 0.3) is 0 Å². The normalized spacial score (nSPS) is 12.0. The average molecular weight is 451 g/mol. The number of oxime groups is 1. The van der Waals surface area contributed by atoms with Gasteiger partial charge in [-0.3, -0.25) is 0 Å². The van der Waals surface area contributed by atoms with Crippen LogP contribution >= 0.6 is 0 Å². The quantitative estimate of drug-likeness (QED) is 0.405. The highest BCUT2D eigenvalue weighted by Crippen LogP contribution is 2.38.